The van der Waals surface area contributed by atoms with Gasteiger partial charge in [0.05, 0.1) is 11.7 Å². The Morgan fingerprint density at radius 1 is 0.941 bits per heavy atom. The van der Waals surface area contributed by atoms with Gasteiger partial charge in [-0.1, -0.05) is 30.3 Å². The standard InChI is InChI=1S/C16H24O/c1-16(2,3)17-15-11-9-14(10-12-15)13-7-5-4-6-8-13/h4-8,14-15H,9-12H2,1-3H3. The molecule has 1 fully saturated rings. The van der Waals surface area contributed by atoms with E-state index in [1.807, 2.05) is 0 Å². The highest BCUT2D eigenvalue weighted by atomic mass is 16.5. The number of ether oxygens (including phenoxy) is 1. The number of rotatable bonds is 2. The lowest BCUT2D eigenvalue weighted by molar-refractivity contribution is -0.0751. The molecule has 0 radical (unpaired) electrons. The molecule has 0 saturated heterocycles. The normalized spacial score (nSPS) is 25.8. The van der Waals surface area contributed by atoms with Gasteiger partial charge in [0.2, 0.25) is 0 Å². The van der Waals surface area contributed by atoms with Gasteiger partial charge in [-0.3, -0.25) is 0 Å². The predicted octanol–water partition coefficient (Wildman–Crippen LogP) is 4.53. The summed E-state index contributed by atoms with van der Waals surface area (Å²) in [4.78, 5) is 0. The number of hydrogen-bond donors (Lipinski definition) is 0. The first-order chi connectivity index (χ1) is 8.04. The van der Waals surface area contributed by atoms with Gasteiger partial charge in [0.1, 0.15) is 0 Å². The molecule has 1 heteroatoms. The third kappa shape index (κ3) is 3.85. The van der Waals surface area contributed by atoms with Crippen molar-refractivity contribution in [3.63, 3.8) is 0 Å². The maximum absolute atomic E-state index is 6.06. The molecule has 0 amide bonds. The van der Waals surface area contributed by atoms with Crippen molar-refractivity contribution in [2.45, 2.75) is 64.1 Å². The van der Waals surface area contributed by atoms with Gasteiger partial charge in [0, 0.05) is 0 Å². The SMILES string of the molecule is CC(C)(C)OC1CCC(c2ccccc2)CC1. The summed E-state index contributed by atoms with van der Waals surface area (Å²) >= 11 is 0. The molecule has 1 saturated carbocycles. The van der Waals surface area contributed by atoms with E-state index in [1.165, 1.54) is 31.2 Å². The molecule has 1 aromatic carbocycles. The average Bonchev–Trinajstić information content (AvgIpc) is 2.29. The molecule has 2 rings (SSSR count). The Morgan fingerprint density at radius 2 is 1.53 bits per heavy atom. The van der Waals surface area contributed by atoms with Gasteiger partial charge in [0.15, 0.2) is 0 Å². The molecule has 94 valence electrons. The van der Waals surface area contributed by atoms with Crippen molar-refractivity contribution >= 4 is 0 Å². The highest BCUT2D eigenvalue weighted by Crippen LogP contribution is 2.35. The van der Waals surface area contributed by atoms with Gasteiger partial charge in [-0.25, -0.2) is 0 Å². The van der Waals surface area contributed by atoms with Crippen LogP contribution in [0.4, 0.5) is 0 Å². The third-order valence-electron chi connectivity index (χ3n) is 3.47. The molecule has 17 heavy (non-hydrogen) atoms. The van der Waals surface area contributed by atoms with Crippen molar-refractivity contribution in [1.82, 2.24) is 0 Å². The van der Waals surface area contributed by atoms with Crippen molar-refractivity contribution in [1.29, 1.82) is 0 Å². The van der Waals surface area contributed by atoms with Gasteiger partial charge in [-0.2, -0.15) is 0 Å². The van der Waals surface area contributed by atoms with Gasteiger partial charge in [-0.15, -0.1) is 0 Å². The zero-order valence-electron chi connectivity index (χ0n) is 11.3. The summed E-state index contributed by atoms with van der Waals surface area (Å²) in [5.41, 5.74) is 1.51. The summed E-state index contributed by atoms with van der Waals surface area (Å²) in [6.07, 6.45) is 5.42. The summed E-state index contributed by atoms with van der Waals surface area (Å²) in [5.74, 6) is 0.746. The second-order valence-electron chi connectivity index (χ2n) is 6.11. The lowest BCUT2D eigenvalue weighted by Gasteiger charge is -2.33. The summed E-state index contributed by atoms with van der Waals surface area (Å²) in [6, 6.07) is 10.9. The maximum atomic E-state index is 6.06. The molecular weight excluding hydrogens is 208 g/mol. The summed E-state index contributed by atoms with van der Waals surface area (Å²) in [7, 11) is 0. The van der Waals surface area contributed by atoms with E-state index in [9.17, 15) is 0 Å². The van der Waals surface area contributed by atoms with Gasteiger partial charge in [0.25, 0.3) is 0 Å². The Labute approximate surface area is 105 Å². The van der Waals surface area contributed by atoms with E-state index in [1.54, 1.807) is 0 Å². The van der Waals surface area contributed by atoms with E-state index in [0.717, 1.165) is 5.92 Å². The van der Waals surface area contributed by atoms with Gasteiger partial charge in [-0.05, 0) is 57.9 Å². The fourth-order valence-corrected chi connectivity index (χ4v) is 2.74. The van der Waals surface area contributed by atoms with Crippen LogP contribution in [0.5, 0.6) is 0 Å². The van der Waals surface area contributed by atoms with Crippen LogP contribution < -0.4 is 0 Å². The molecule has 0 unspecified atom stereocenters. The van der Waals surface area contributed by atoms with Crippen LogP contribution in [-0.4, -0.2) is 11.7 Å². The van der Waals surface area contributed by atoms with Gasteiger partial charge >= 0.3 is 0 Å². The number of hydrogen-bond acceptors (Lipinski definition) is 1. The fourth-order valence-electron chi connectivity index (χ4n) is 2.74. The monoisotopic (exact) mass is 232 g/mol. The van der Waals surface area contributed by atoms with E-state index in [-0.39, 0.29) is 5.60 Å². The maximum Gasteiger partial charge on any atom is 0.0602 e. The predicted molar refractivity (Wildman–Crippen MR) is 72.3 cm³/mol. The first-order valence-electron chi connectivity index (χ1n) is 6.77. The van der Waals surface area contributed by atoms with Crippen LogP contribution in [0.1, 0.15) is 57.9 Å². The second-order valence-corrected chi connectivity index (χ2v) is 6.11. The topological polar surface area (TPSA) is 9.23 Å². The van der Waals surface area contributed by atoms with Crippen molar-refractivity contribution in [2.24, 2.45) is 0 Å². The van der Waals surface area contributed by atoms with Crippen LogP contribution in [0, 0.1) is 0 Å². The molecule has 0 aromatic heterocycles. The highest BCUT2D eigenvalue weighted by Gasteiger charge is 2.25. The first-order valence-corrected chi connectivity index (χ1v) is 6.77. The van der Waals surface area contributed by atoms with E-state index in [4.69, 9.17) is 4.74 Å². The molecule has 0 heterocycles. The minimum absolute atomic E-state index is 0.00422. The highest BCUT2D eigenvalue weighted by molar-refractivity contribution is 5.19. The number of benzene rings is 1. The van der Waals surface area contributed by atoms with Gasteiger partial charge < -0.3 is 4.74 Å². The van der Waals surface area contributed by atoms with Crippen LogP contribution in [0.25, 0.3) is 0 Å². The quantitative estimate of drug-likeness (QED) is 0.728. The second kappa shape index (κ2) is 5.22. The van der Waals surface area contributed by atoms with Crippen LogP contribution in [-0.2, 0) is 4.74 Å². The average molecular weight is 232 g/mol. The minimum atomic E-state index is 0.00422. The van der Waals surface area contributed by atoms with E-state index in [0.29, 0.717) is 6.10 Å². The molecule has 0 spiro atoms. The Hall–Kier alpha value is -0.820. The molecule has 0 bridgehead atoms. The molecule has 1 aliphatic rings. The first kappa shape index (κ1) is 12.6. The van der Waals surface area contributed by atoms with E-state index >= 15 is 0 Å². The van der Waals surface area contributed by atoms with E-state index < -0.39 is 0 Å². The lowest BCUT2D eigenvalue weighted by Crippen LogP contribution is -2.30. The molecule has 0 N–H and O–H groups in total. The van der Waals surface area contributed by atoms with Crippen LogP contribution >= 0.6 is 0 Å². The summed E-state index contributed by atoms with van der Waals surface area (Å²) in [5, 5.41) is 0. The minimum Gasteiger partial charge on any atom is -0.373 e. The van der Waals surface area contributed by atoms with Crippen molar-refractivity contribution in [3.8, 4) is 0 Å². The van der Waals surface area contributed by atoms with Crippen LogP contribution in [0.3, 0.4) is 0 Å². The van der Waals surface area contributed by atoms with Crippen molar-refractivity contribution in [2.75, 3.05) is 0 Å². The Balaban J connectivity index is 1.86. The van der Waals surface area contributed by atoms with Crippen LogP contribution in [0.15, 0.2) is 30.3 Å². The fraction of sp³-hybridized carbons (Fsp3) is 0.625. The van der Waals surface area contributed by atoms with E-state index in [2.05, 4.69) is 51.1 Å². The molecule has 1 nitrogen and oxygen atoms in total. The van der Waals surface area contributed by atoms with Crippen molar-refractivity contribution in [3.05, 3.63) is 35.9 Å². The largest absolute Gasteiger partial charge is 0.373 e. The Morgan fingerprint density at radius 3 is 2.06 bits per heavy atom. The van der Waals surface area contributed by atoms with Crippen molar-refractivity contribution < 1.29 is 4.74 Å². The molecule has 0 atom stereocenters. The Kier molecular flexibility index (Phi) is 3.88. The smallest absolute Gasteiger partial charge is 0.0602 e. The zero-order chi connectivity index (χ0) is 12.3. The molecule has 0 aliphatic heterocycles. The molecular formula is C16H24O. The molecule has 1 aliphatic carbocycles. The zero-order valence-corrected chi connectivity index (χ0v) is 11.3. The van der Waals surface area contributed by atoms with Crippen LogP contribution in [0.2, 0.25) is 0 Å². The molecule has 1 aromatic rings. The third-order valence-corrected chi connectivity index (χ3v) is 3.47. The summed E-state index contributed by atoms with van der Waals surface area (Å²) in [6.45, 7) is 6.45. The lowest BCUT2D eigenvalue weighted by atomic mass is 9.82. The Bertz CT molecular complexity index is 328. The summed E-state index contributed by atoms with van der Waals surface area (Å²) < 4.78 is 6.06.